The van der Waals surface area contributed by atoms with Gasteiger partial charge in [-0.3, -0.25) is 4.55 Å². The van der Waals surface area contributed by atoms with Crippen LogP contribution in [-0.2, 0) is 16.7 Å². The fraction of sp³-hybridized carbons (Fsp3) is 0.667. The van der Waals surface area contributed by atoms with Crippen molar-refractivity contribution >= 4 is 21.5 Å². The van der Waals surface area contributed by atoms with Crippen molar-refractivity contribution in [3.8, 4) is 0 Å². The number of nitrogens with one attached hydrogen (secondary N) is 1. The van der Waals surface area contributed by atoms with Gasteiger partial charge in [0.05, 0.1) is 22.4 Å². The first-order valence-corrected chi connectivity index (χ1v) is 18.6. The van der Waals surface area contributed by atoms with Gasteiger partial charge in [0.1, 0.15) is 0 Å². The van der Waals surface area contributed by atoms with Crippen LogP contribution in [0.3, 0.4) is 0 Å². The Bertz CT molecular complexity index is 1090. The monoisotopic (exact) mass is 598 g/mol. The fourth-order valence-corrected chi connectivity index (χ4v) is 6.75. The second-order valence-electron chi connectivity index (χ2n) is 12.4. The van der Waals surface area contributed by atoms with Crippen molar-refractivity contribution in [2.45, 2.75) is 159 Å². The van der Waals surface area contributed by atoms with E-state index in [4.69, 9.17) is 0 Å². The molecule has 236 valence electrons. The molecule has 5 nitrogen and oxygen atoms in total. The number of fused-ring (bicyclic) bond motifs is 1. The van der Waals surface area contributed by atoms with E-state index in [2.05, 4.69) is 29.3 Å². The number of nitrogens with zero attached hydrogens (tertiary/aromatic N) is 1. The van der Waals surface area contributed by atoms with Gasteiger partial charge in [-0.05, 0) is 36.6 Å². The Morgan fingerprint density at radius 3 is 1.62 bits per heavy atom. The summed E-state index contributed by atoms with van der Waals surface area (Å²) in [6, 6.07) is 15.1. The van der Waals surface area contributed by atoms with Gasteiger partial charge in [-0.25, -0.2) is 0 Å². The van der Waals surface area contributed by atoms with Gasteiger partial charge >= 0.3 is 0 Å². The average Bonchev–Trinajstić information content (AvgIpc) is 3.32. The van der Waals surface area contributed by atoms with Crippen molar-refractivity contribution in [2.24, 2.45) is 0 Å². The summed E-state index contributed by atoms with van der Waals surface area (Å²) in [6.45, 7) is 2.98. The molecule has 1 atom stereocenters. The largest absolute Gasteiger partial charge is 0.363 e. The minimum absolute atomic E-state index is 0.0550. The predicted octanol–water partition coefficient (Wildman–Crippen LogP) is 10.9. The molecule has 6 heteroatoms. The van der Waals surface area contributed by atoms with Gasteiger partial charge in [-0.2, -0.15) is 8.42 Å². The third-order valence-electron chi connectivity index (χ3n) is 8.80. The van der Waals surface area contributed by atoms with Crippen LogP contribution >= 0.6 is 0 Å². The minimum atomic E-state index is -4.24. The Kier molecular flexibility index (Phi) is 16.4. The van der Waals surface area contributed by atoms with Crippen LogP contribution in [0.1, 0.15) is 147 Å². The van der Waals surface area contributed by atoms with Gasteiger partial charge in [0.25, 0.3) is 10.1 Å². The van der Waals surface area contributed by atoms with Crippen molar-refractivity contribution in [1.29, 1.82) is 0 Å². The first-order chi connectivity index (χ1) is 20.5. The minimum Gasteiger partial charge on any atom is -0.363 e. The van der Waals surface area contributed by atoms with E-state index >= 15 is 0 Å². The van der Waals surface area contributed by atoms with Gasteiger partial charge in [-0.15, -0.1) is 0 Å². The van der Waals surface area contributed by atoms with E-state index in [1.54, 1.807) is 12.1 Å². The van der Waals surface area contributed by atoms with Crippen LogP contribution in [0, 0.1) is 0 Å². The quantitative estimate of drug-likeness (QED) is 0.0929. The van der Waals surface area contributed by atoms with Gasteiger partial charge in [0.15, 0.2) is 0 Å². The number of benzene rings is 2. The van der Waals surface area contributed by atoms with Gasteiger partial charge < -0.3 is 10.2 Å². The molecule has 0 saturated carbocycles. The maximum absolute atomic E-state index is 11.8. The van der Waals surface area contributed by atoms with E-state index in [-0.39, 0.29) is 11.1 Å². The number of anilines is 2. The Balaban J connectivity index is 1.22. The molecule has 2 aromatic carbocycles. The molecule has 42 heavy (non-hydrogen) atoms. The number of rotatable bonds is 24. The van der Waals surface area contributed by atoms with Crippen LogP contribution in [0.4, 0.5) is 11.4 Å². The highest BCUT2D eigenvalue weighted by molar-refractivity contribution is 7.85. The van der Waals surface area contributed by atoms with Crippen LogP contribution in [0.2, 0.25) is 0 Å². The Labute approximate surface area is 257 Å². The first-order valence-electron chi connectivity index (χ1n) is 17.2. The van der Waals surface area contributed by atoms with Crippen molar-refractivity contribution in [3.63, 3.8) is 0 Å². The molecule has 1 heterocycles. The second kappa shape index (κ2) is 20.0. The van der Waals surface area contributed by atoms with Gasteiger partial charge in [0.2, 0.25) is 0 Å². The number of hydrogen-bond donors (Lipinski definition) is 2. The molecule has 3 rings (SSSR count). The summed E-state index contributed by atoms with van der Waals surface area (Å²) < 4.78 is 33.1. The standard InChI is InChI=1S/C36H58N2O3S/c1-2-3-4-5-6-7-8-9-10-11-12-13-14-15-16-17-18-19-20-24-27-36-37-34-29-28-33(42(39,40)41)30-35(34)38(36)31-32-25-22-21-23-26-32/h21-23,25-26,28-30,36-37H,2-20,24,27,31H2,1H3,(H,39,40,41). The van der Waals surface area contributed by atoms with E-state index in [0.717, 1.165) is 24.2 Å². The molecule has 1 unspecified atom stereocenters. The van der Waals surface area contributed by atoms with Crippen molar-refractivity contribution in [3.05, 3.63) is 54.1 Å². The Morgan fingerprint density at radius 2 is 1.14 bits per heavy atom. The maximum Gasteiger partial charge on any atom is 0.294 e. The second-order valence-corrected chi connectivity index (χ2v) is 13.9. The van der Waals surface area contributed by atoms with Gasteiger partial charge in [0, 0.05) is 6.54 Å². The molecule has 2 aromatic rings. The third-order valence-corrected chi connectivity index (χ3v) is 9.65. The third kappa shape index (κ3) is 13.1. The van der Waals surface area contributed by atoms with Crippen molar-refractivity contribution < 1.29 is 13.0 Å². The molecule has 2 N–H and O–H groups in total. The normalized spacial score (nSPS) is 14.7. The van der Waals surface area contributed by atoms with E-state index in [1.807, 2.05) is 18.2 Å². The number of unbranched alkanes of at least 4 members (excludes halogenated alkanes) is 19. The van der Waals surface area contributed by atoms with Crippen molar-refractivity contribution in [2.75, 3.05) is 10.2 Å². The highest BCUT2D eigenvalue weighted by Gasteiger charge is 2.29. The average molecular weight is 599 g/mol. The zero-order chi connectivity index (χ0) is 29.9. The SMILES string of the molecule is CCCCCCCCCCCCCCCCCCCCCCC1Nc2ccc(S(=O)(=O)O)cc2N1Cc1ccccc1. The summed E-state index contributed by atoms with van der Waals surface area (Å²) in [7, 11) is -4.24. The molecular weight excluding hydrogens is 540 g/mol. The molecule has 0 fully saturated rings. The van der Waals surface area contributed by atoms with Crippen LogP contribution in [-0.4, -0.2) is 19.1 Å². The lowest BCUT2D eigenvalue weighted by molar-refractivity contribution is 0.483. The highest BCUT2D eigenvalue weighted by atomic mass is 32.2. The lowest BCUT2D eigenvalue weighted by Crippen LogP contribution is -2.35. The molecule has 0 aromatic heterocycles. The summed E-state index contributed by atoms with van der Waals surface area (Å²) in [4.78, 5) is 2.19. The van der Waals surface area contributed by atoms with Crippen LogP contribution in [0.25, 0.3) is 0 Å². The summed E-state index contributed by atoms with van der Waals surface area (Å²) in [6.07, 6.45) is 28.7. The fourth-order valence-electron chi connectivity index (χ4n) is 6.25. The van der Waals surface area contributed by atoms with Gasteiger partial charge in [-0.1, -0.05) is 159 Å². The lowest BCUT2D eigenvalue weighted by Gasteiger charge is -2.27. The van der Waals surface area contributed by atoms with Crippen molar-refractivity contribution in [1.82, 2.24) is 0 Å². The molecular formula is C36H58N2O3S. The van der Waals surface area contributed by atoms with Crippen LogP contribution < -0.4 is 10.2 Å². The lowest BCUT2D eigenvalue weighted by atomic mass is 10.0. The molecule has 0 bridgehead atoms. The highest BCUT2D eigenvalue weighted by Crippen LogP contribution is 2.39. The maximum atomic E-state index is 11.8. The Hall–Kier alpha value is -2.05. The van der Waals surface area contributed by atoms with E-state index in [1.165, 1.54) is 134 Å². The summed E-state index contributed by atoms with van der Waals surface area (Å²) in [5, 5.41) is 3.59. The van der Waals surface area contributed by atoms with Crippen LogP contribution in [0.15, 0.2) is 53.4 Å². The summed E-state index contributed by atoms with van der Waals surface area (Å²) in [5.41, 5.74) is 2.95. The molecule has 0 saturated heterocycles. The van der Waals surface area contributed by atoms with Crippen LogP contribution in [0.5, 0.6) is 0 Å². The summed E-state index contributed by atoms with van der Waals surface area (Å²) in [5.74, 6) is 0. The summed E-state index contributed by atoms with van der Waals surface area (Å²) >= 11 is 0. The Morgan fingerprint density at radius 1 is 0.667 bits per heavy atom. The van der Waals surface area contributed by atoms with E-state index < -0.39 is 10.1 Å². The molecule has 0 aliphatic carbocycles. The molecule has 0 amide bonds. The molecule has 1 aliphatic rings. The predicted molar refractivity (Wildman–Crippen MR) is 179 cm³/mol. The molecule has 1 aliphatic heterocycles. The molecule has 0 radical (unpaired) electrons. The smallest absolute Gasteiger partial charge is 0.294 e. The zero-order valence-corrected chi connectivity index (χ0v) is 27.2. The van der Waals surface area contributed by atoms with E-state index in [0.29, 0.717) is 6.54 Å². The molecule has 0 spiro atoms. The topological polar surface area (TPSA) is 69.6 Å². The number of hydrogen-bond acceptors (Lipinski definition) is 4. The van der Waals surface area contributed by atoms with E-state index in [9.17, 15) is 13.0 Å². The first kappa shape index (κ1) is 34.4. The zero-order valence-electron chi connectivity index (χ0n) is 26.4.